The number of hydrogen-bond acceptors (Lipinski definition) is 4. The highest BCUT2D eigenvalue weighted by Gasteiger charge is 2.18. The molecule has 0 aromatic heterocycles. The SMILES string of the molecule is CCOc1ccc(CC(=O)Nc2ccc(N3CCN(C(C)=O)CC3)cc2)cc1. The molecule has 6 nitrogen and oxygen atoms in total. The van der Waals surface area contributed by atoms with Crippen LogP contribution in [0.25, 0.3) is 0 Å². The van der Waals surface area contributed by atoms with E-state index in [-0.39, 0.29) is 11.8 Å². The summed E-state index contributed by atoms with van der Waals surface area (Å²) in [4.78, 5) is 27.8. The number of carbonyl (C=O) groups excluding carboxylic acids is 2. The molecule has 2 amide bonds. The van der Waals surface area contributed by atoms with Crippen molar-refractivity contribution in [3.8, 4) is 5.75 Å². The van der Waals surface area contributed by atoms with Gasteiger partial charge in [0, 0.05) is 44.5 Å². The Labute approximate surface area is 166 Å². The summed E-state index contributed by atoms with van der Waals surface area (Å²) >= 11 is 0. The van der Waals surface area contributed by atoms with Crippen molar-refractivity contribution in [1.82, 2.24) is 4.90 Å². The Morgan fingerprint density at radius 3 is 2.18 bits per heavy atom. The molecule has 0 unspecified atom stereocenters. The number of amides is 2. The molecule has 1 saturated heterocycles. The standard InChI is InChI=1S/C22H27N3O3/c1-3-28-21-10-4-18(5-11-21)16-22(27)23-19-6-8-20(9-7-19)25-14-12-24(13-15-25)17(2)26/h4-11H,3,12-16H2,1-2H3,(H,23,27). The van der Waals surface area contributed by atoms with E-state index < -0.39 is 0 Å². The predicted molar refractivity (Wildman–Crippen MR) is 111 cm³/mol. The van der Waals surface area contributed by atoms with Crippen molar-refractivity contribution in [3.05, 3.63) is 54.1 Å². The van der Waals surface area contributed by atoms with Gasteiger partial charge in [-0.1, -0.05) is 12.1 Å². The van der Waals surface area contributed by atoms with E-state index in [0.29, 0.717) is 13.0 Å². The van der Waals surface area contributed by atoms with Gasteiger partial charge in [-0.15, -0.1) is 0 Å². The van der Waals surface area contributed by atoms with E-state index >= 15 is 0 Å². The zero-order chi connectivity index (χ0) is 19.9. The van der Waals surface area contributed by atoms with Crippen LogP contribution in [0.1, 0.15) is 19.4 Å². The van der Waals surface area contributed by atoms with E-state index in [2.05, 4.69) is 10.2 Å². The number of piperazine rings is 1. The molecular formula is C22H27N3O3. The maximum absolute atomic E-state index is 12.3. The molecule has 28 heavy (non-hydrogen) atoms. The molecule has 1 fully saturated rings. The predicted octanol–water partition coefficient (Wildman–Crippen LogP) is 2.94. The van der Waals surface area contributed by atoms with Crippen molar-refractivity contribution in [3.63, 3.8) is 0 Å². The summed E-state index contributed by atoms with van der Waals surface area (Å²) in [7, 11) is 0. The van der Waals surface area contributed by atoms with Crippen LogP contribution in [0.3, 0.4) is 0 Å². The molecule has 3 rings (SSSR count). The maximum atomic E-state index is 12.3. The minimum atomic E-state index is -0.0491. The average Bonchev–Trinajstić information content (AvgIpc) is 2.70. The fraction of sp³-hybridized carbons (Fsp3) is 0.364. The van der Waals surface area contributed by atoms with Crippen LogP contribution in [0, 0.1) is 0 Å². The van der Waals surface area contributed by atoms with Crippen molar-refractivity contribution >= 4 is 23.2 Å². The molecule has 2 aromatic rings. The molecule has 0 radical (unpaired) electrons. The van der Waals surface area contributed by atoms with Crippen LogP contribution >= 0.6 is 0 Å². The lowest BCUT2D eigenvalue weighted by Gasteiger charge is -2.35. The first-order valence-corrected chi connectivity index (χ1v) is 9.67. The number of anilines is 2. The summed E-state index contributed by atoms with van der Waals surface area (Å²) in [5.41, 5.74) is 2.83. The molecule has 0 saturated carbocycles. The van der Waals surface area contributed by atoms with Crippen molar-refractivity contribution < 1.29 is 14.3 Å². The van der Waals surface area contributed by atoms with Gasteiger partial charge in [0.15, 0.2) is 0 Å². The van der Waals surface area contributed by atoms with Crippen LogP contribution in [0.4, 0.5) is 11.4 Å². The Morgan fingerprint density at radius 1 is 0.964 bits per heavy atom. The third-order valence-electron chi connectivity index (χ3n) is 4.84. The lowest BCUT2D eigenvalue weighted by Crippen LogP contribution is -2.48. The molecule has 0 atom stereocenters. The Kier molecular flexibility index (Phi) is 6.53. The van der Waals surface area contributed by atoms with Crippen molar-refractivity contribution in [2.45, 2.75) is 20.3 Å². The summed E-state index contributed by atoms with van der Waals surface area (Å²) < 4.78 is 5.42. The molecule has 148 valence electrons. The van der Waals surface area contributed by atoms with Crippen LogP contribution < -0.4 is 15.0 Å². The number of nitrogens with zero attached hydrogens (tertiary/aromatic N) is 2. The maximum Gasteiger partial charge on any atom is 0.228 e. The number of ether oxygens (including phenoxy) is 1. The van der Waals surface area contributed by atoms with Gasteiger partial charge in [0.05, 0.1) is 13.0 Å². The minimum Gasteiger partial charge on any atom is -0.494 e. The molecule has 0 spiro atoms. The van der Waals surface area contributed by atoms with Crippen LogP contribution in [0.5, 0.6) is 5.75 Å². The first-order chi connectivity index (χ1) is 13.5. The van der Waals surface area contributed by atoms with Gasteiger partial charge >= 0.3 is 0 Å². The Bertz CT molecular complexity index is 795. The van der Waals surface area contributed by atoms with Crippen molar-refractivity contribution in [1.29, 1.82) is 0 Å². The fourth-order valence-corrected chi connectivity index (χ4v) is 3.30. The smallest absolute Gasteiger partial charge is 0.228 e. The number of nitrogens with one attached hydrogen (secondary N) is 1. The van der Waals surface area contributed by atoms with Gasteiger partial charge < -0.3 is 19.9 Å². The van der Waals surface area contributed by atoms with E-state index in [9.17, 15) is 9.59 Å². The van der Waals surface area contributed by atoms with Crippen molar-refractivity contribution in [2.24, 2.45) is 0 Å². The molecule has 1 aliphatic rings. The van der Waals surface area contributed by atoms with E-state index in [0.717, 1.165) is 48.9 Å². The second-order valence-electron chi connectivity index (χ2n) is 6.84. The van der Waals surface area contributed by atoms with E-state index in [1.807, 2.05) is 60.4 Å². The van der Waals surface area contributed by atoms with Gasteiger partial charge in [-0.2, -0.15) is 0 Å². The summed E-state index contributed by atoms with van der Waals surface area (Å²) in [6, 6.07) is 15.4. The molecular weight excluding hydrogens is 354 g/mol. The third-order valence-corrected chi connectivity index (χ3v) is 4.84. The highest BCUT2D eigenvalue weighted by Crippen LogP contribution is 2.20. The number of carbonyl (C=O) groups is 2. The first-order valence-electron chi connectivity index (χ1n) is 9.67. The summed E-state index contributed by atoms with van der Waals surface area (Å²) in [5.74, 6) is 0.892. The highest BCUT2D eigenvalue weighted by atomic mass is 16.5. The third kappa shape index (κ3) is 5.25. The zero-order valence-corrected chi connectivity index (χ0v) is 16.5. The lowest BCUT2D eigenvalue weighted by molar-refractivity contribution is -0.129. The molecule has 2 aromatic carbocycles. The minimum absolute atomic E-state index is 0.0491. The largest absolute Gasteiger partial charge is 0.494 e. The molecule has 0 aliphatic carbocycles. The quantitative estimate of drug-likeness (QED) is 0.836. The summed E-state index contributed by atoms with van der Waals surface area (Å²) in [6.45, 7) is 7.32. The monoisotopic (exact) mass is 381 g/mol. The molecule has 1 N–H and O–H groups in total. The Hall–Kier alpha value is -3.02. The molecule has 1 heterocycles. The summed E-state index contributed by atoms with van der Waals surface area (Å²) in [5, 5.41) is 2.94. The average molecular weight is 381 g/mol. The lowest BCUT2D eigenvalue weighted by atomic mass is 10.1. The van der Waals surface area contributed by atoms with Crippen molar-refractivity contribution in [2.75, 3.05) is 43.0 Å². The molecule has 6 heteroatoms. The van der Waals surface area contributed by atoms with Gasteiger partial charge in [0.2, 0.25) is 11.8 Å². The Balaban J connectivity index is 1.51. The first kappa shape index (κ1) is 19.7. The summed E-state index contributed by atoms with van der Waals surface area (Å²) in [6.07, 6.45) is 0.321. The van der Waals surface area contributed by atoms with Gasteiger partial charge in [-0.3, -0.25) is 9.59 Å². The number of rotatable bonds is 6. The number of benzene rings is 2. The van der Waals surface area contributed by atoms with E-state index in [4.69, 9.17) is 4.74 Å². The van der Waals surface area contributed by atoms with Crippen LogP contribution in [-0.4, -0.2) is 49.5 Å². The normalized spacial score (nSPS) is 13.9. The van der Waals surface area contributed by atoms with Crippen LogP contribution in [0.2, 0.25) is 0 Å². The zero-order valence-electron chi connectivity index (χ0n) is 16.5. The molecule has 1 aliphatic heterocycles. The second kappa shape index (κ2) is 9.26. The fourth-order valence-electron chi connectivity index (χ4n) is 3.30. The van der Waals surface area contributed by atoms with Crippen LogP contribution in [0.15, 0.2) is 48.5 Å². The van der Waals surface area contributed by atoms with Gasteiger partial charge in [-0.25, -0.2) is 0 Å². The second-order valence-corrected chi connectivity index (χ2v) is 6.84. The van der Waals surface area contributed by atoms with Gasteiger partial charge in [0.25, 0.3) is 0 Å². The Morgan fingerprint density at radius 2 is 1.61 bits per heavy atom. The number of hydrogen-bond donors (Lipinski definition) is 1. The van der Waals surface area contributed by atoms with Gasteiger partial charge in [-0.05, 0) is 48.9 Å². The van der Waals surface area contributed by atoms with E-state index in [1.165, 1.54) is 0 Å². The topological polar surface area (TPSA) is 61.9 Å². The van der Waals surface area contributed by atoms with Crippen LogP contribution in [-0.2, 0) is 16.0 Å². The van der Waals surface area contributed by atoms with Gasteiger partial charge in [0.1, 0.15) is 5.75 Å². The highest BCUT2D eigenvalue weighted by molar-refractivity contribution is 5.92. The van der Waals surface area contributed by atoms with E-state index in [1.54, 1.807) is 6.92 Å². The molecule has 0 bridgehead atoms.